The van der Waals surface area contributed by atoms with Gasteiger partial charge in [-0.2, -0.15) is 0 Å². The minimum absolute atomic E-state index is 0.265. The summed E-state index contributed by atoms with van der Waals surface area (Å²) in [5.41, 5.74) is 11.8. The first kappa shape index (κ1) is 14.2. The molecule has 0 amide bonds. The van der Waals surface area contributed by atoms with E-state index in [0.29, 0.717) is 24.5 Å². The molecule has 0 spiro atoms. The first-order chi connectivity index (χ1) is 8.72. The first-order valence-electron chi connectivity index (χ1n) is 7.35. The van der Waals surface area contributed by atoms with E-state index in [-0.39, 0.29) is 6.04 Å². The van der Waals surface area contributed by atoms with Crippen LogP contribution in [-0.4, -0.2) is 50.8 Å². The van der Waals surface area contributed by atoms with Gasteiger partial charge >= 0.3 is 0 Å². The topological polar surface area (TPSA) is 88.1 Å². The van der Waals surface area contributed by atoms with E-state index in [0.717, 1.165) is 38.5 Å². The van der Waals surface area contributed by atoms with Crippen LogP contribution >= 0.6 is 0 Å². The first-order valence-corrected chi connectivity index (χ1v) is 7.35. The Kier molecular flexibility index (Phi) is 5.38. The molecule has 0 saturated carbocycles. The summed E-state index contributed by atoms with van der Waals surface area (Å²) in [7, 11) is 0. The second kappa shape index (κ2) is 6.82. The maximum atomic E-state index is 6.36. The molecule has 0 aromatic rings. The molecule has 2 heterocycles. The van der Waals surface area contributed by atoms with Crippen LogP contribution in [0.3, 0.4) is 0 Å². The molecule has 106 valence electrons. The Hall–Kier alpha value is -0.200. The van der Waals surface area contributed by atoms with Crippen LogP contribution in [0.5, 0.6) is 0 Å². The van der Waals surface area contributed by atoms with Gasteiger partial charge in [-0.15, -0.1) is 0 Å². The van der Waals surface area contributed by atoms with Crippen molar-refractivity contribution >= 4 is 0 Å². The summed E-state index contributed by atoms with van der Waals surface area (Å²) in [4.78, 5) is 0. The van der Waals surface area contributed by atoms with E-state index in [4.69, 9.17) is 11.5 Å². The van der Waals surface area contributed by atoms with Crippen molar-refractivity contribution in [3.8, 4) is 0 Å². The Morgan fingerprint density at radius 3 is 2.72 bits per heavy atom. The Labute approximate surface area is 110 Å². The minimum Gasteiger partial charge on any atom is -0.329 e. The highest BCUT2D eigenvalue weighted by Gasteiger charge is 2.37. The number of nitrogens with one attached hydrogen (secondary N) is 3. The van der Waals surface area contributed by atoms with Crippen LogP contribution in [0.15, 0.2) is 0 Å². The van der Waals surface area contributed by atoms with Gasteiger partial charge in [0, 0.05) is 31.2 Å². The third-order valence-electron chi connectivity index (χ3n) is 4.44. The van der Waals surface area contributed by atoms with Crippen molar-refractivity contribution in [2.75, 3.05) is 32.7 Å². The van der Waals surface area contributed by atoms with E-state index in [1.165, 1.54) is 6.42 Å². The van der Waals surface area contributed by atoms with Gasteiger partial charge in [-0.1, -0.05) is 6.92 Å². The quantitative estimate of drug-likeness (QED) is 0.400. The lowest BCUT2D eigenvalue weighted by molar-refractivity contribution is 0.216. The average molecular weight is 255 g/mol. The van der Waals surface area contributed by atoms with Crippen molar-refractivity contribution in [1.82, 2.24) is 16.0 Å². The van der Waals surface area contributed by atoms with Crippen LogP contribution in [-0.2, 0) is 0 Å². The monoisotopic (exact) mass is 255 g/mol. The van der Waals surface area contributed by atoms with Crippen molar-refractivity contribution in [3.63, 3.8) is 0 Å². The average Bonchev–Trinajstić information content (AvgIpc) is 2.76. The lowest BCUT2D eigenvalue weighted by Gasteiger charge is -2.39. The molecule has 2 aliphatic heterocycles. The summed E-state index contributed by atoms with van der Waals surface area (Å²) < 4.78 is 0. The van der Waals surface area contributed by atoms with Gasteiger partial charge in [-0.05, 0) is 44.3 Å². The lowest BCUT2D eigenvalue weighted by atomic mass is 9.83. The summed E-state index contributed by atoms with van der Waals surface area (Å²) >= 11 is 0. The molecule has 5 nitrogen and oxygen atoms in total. The SMILES string of the molecule is CC1CCNC1C1NCC(CNCCN)CC1N. The van der Waals surface area contributed by atoms with E-state index in [2.05, 4.69) is 22.9 Å². The highest BCUT2D eigenvalue weighted by Crippen LogP contribution is 2.23. The molecule has 0 radical (unpaired) electrons. The molecule has 7 N–H and O–H groups in total. The number of rotatable bonds is 5. The fraction of sp³-hybridized carbons (Fsp3) is 1.00. The zero-order chi connectivity index (χ0) is 13.0. The second-order valence-corrected chi connectivity index (χ2v) is 5.94. The van der Waals surface area contributed by atoms with Gasteiger partial charge in [0.1, 0.15) is 0 Å². The van der Waals surface area contributed by atoms with Crippen LogP contribution < -0.4 is 27.4 Å². The number of hydrogen-bond acceptors (Lipinski definition) is 5. The van der Waals surface area contributed by atoms with E-state index in [9.17, 15) is 0 Å². The fourth-order valence-electron chi connectivity index (χ4n) is 3.37. The highest BCUT2D eigenvalue weighted by atomic mass is 15.1. The van der Waals surface area contributed by atoms with Crippen molar-refractivity contribution in [2.24, 2.45) is 23.3 Å². The zero-order valence-corrected chi connectivity index (χ0v) is 11.5. The standard InChI is InChI=1S/C13H29N5/c1-9-2-4-17-12(9)13-11(15)6-10(8-18-13)7-16-5-3-14/h9-13,16-18H,2-8,14-15H2,1H3. The predicted octanol–water partition coefficient (Wildman–Crippen LogP) is -1.16. The van der Waals surface area contributed by atoms with Gasteiger partial charge in [0.15, 0.2) is 0 Å². The maximum absolute atomic E-state index is 6.36. The maximum Gasteiger partial charge on any atom is 0.0376 e. The molecule has 18 heavy (non-hydrogen) atoms. The molecule has 0 aromatic heterocycles. The van der Waals surface area contributed by atoms with Crippen LogP contribution in [0.4, 0.5) is 0 Å². The molecule has 2 fully saturated rings. The highest BCUT2D eigenvalue weighted by molar-refractivity contribution is 4.99. The van der Waals surface area contributed by atoms with Crippen molar-refractivity contribution in [3.05, 3.63) is 0 Å². The second-order valence-electron chi connectivity index (χ2n) is 5.94. The number of nitrogens with two attached hydrogens (primary N) is 2. The third-order valence-corrected chi connectivity index (χ3v) is 4.44. The molecular weight excluding hydrogens is 226 g/mol. The fourth-order valence-corrected chi connectivity index (χ4v) is 3.37. The summed E-state index contributed by atoms with van der Waals surface area (Å²) in [6, 6.07) is 1.26. The van der Waals surface area contributed by atoms with Crippen molar-refractivity contribution in [1.29, 1.82) is 0 Å². The molecule has 0 aromatic carbocycles. The third kappa shape index (κ3) is 3.42. The molecule has 5 atom stereocenters. The smallest absolute Gasteiger partial charge is 0.0376 e. The Morgan fingerprint density at radius 1 is 1.28 bits per heavy atom. The molecule has 5 heteroatoms. The normalized spacial score (nSPS) is 41.2. The molecule has 2 aliphatic rings. The van der Waals surface area contributed by atoms with E-state index in [1.807, 2.05) is 0 Å². The Morgan fingerprint density at radius 2 is 2.11 bits per heavy atom. The van der Waals surface area contributed by atoms with Crippen molar-refractivity contribution < 1.29 is 0 Å². The number of piperidine rings is 1. The summed E-state index contributed by atoms with van der Waals surface area (Å²) in [6.07, 6.45) is 2.39. The predicted molar refractivity (Wildman–Crippen MR) is 75.4 cm³/mol. The summed E-state index contributed by atoms with van der Waals surface area (Å²) in [6.45, 7) is 7.17. The Balaban J connectivity index is 1.77. The molecule has 0 aliphatic carbocycles. The van der Waals surface area contributed by atoms with Crippen molar-refractivity contribution in [2.45, 2.75) is 37.9 Å². The molecule has 5 unspecified atom stereocenters. The van der Waals surface area contributed by atoms with E-state index >= 15 is 0 Å². The van der Waals surface area contributed by atoms with Crippen LogP contribution in [0.2, 0.25) is 0 Å². The molecule has 0 bridgehead atoms. The van der Waals surface area contributed by atoms with Gasteiger partial charge < -0.3 is 27.4 Å². The van der Waals surface area contributed by atoms with Gasteiger partial charge in [-0.3, -0.25) is 0 Å². The molecule has 2 saturated heterocycles. The van der Waals surface area contributed by atoms with Gasteiger partial charge in [0.05, 0.1) is 0 Å². The lowest BCUT2D eigenvalue weighted by Crippen LogP contribution is -2.62. The van der Waals surface area contributed by atoms with E-state index in [1.54, 1.807) is 0 Å². The Bertz CT molecular complexity index is 248. The molecular formula is C13H29N5. The van der Waals surface area contributed by atoms with Gasteiger partial charge in [-0.25, -0.2) is 0 Å². The summed E-state index contributed by atoms with van der Waals surface area (Å²) in [5.74, 6) is 1.37. The van der Waals surface area contributed by atoms with Gasteiger partial charge in [0.25, 0.3) is 0 Å². The van der Waals surface area contributed by atoms with Crippen LogP contribution in [0.25, 0.3) is 0 Å². The minimum atomic E-state index is 0.265. The largest absolute Gasteiger partial charge is 0.329 e. The van der Waals surface area contributed by atoms with Crippen LogP contribution in [0.1, 0.15) is 19.8 Å². The van der Waals surface area contributed by atoms with E-state index < -0.39 is 0 Å². The van der Waals surface area contributed by atoms with Gasteiger partial charge in [0.2, 0.25) is 0 Å². The summed E-state index contributed by atoms with van der Waals surface area (Å²) in [5, 5.41) is 10.6. The number of hydrogen-bond donors (Lipinski definition) is 5. The van der Waals surface area contributed by atoms with Crippen LogP contribution in [0, 0.1) is 11.8 Å². The zero-order valence-electron chi connectivity index (χ0n) is 11.5. The molecule has 2 rings (SSSR count).